The predicted octanol–water partition coefficient (Wildman–Crippen LogP) is -0.797. The van der Waals surface area contributed by atoms with Gasteiger partial charge in [0.05, 0.1) is 32.0 Å². The third-order valence-electron chi connectivity index (χ3n) is 4.05. The van der Waals surface area contributed by atoms with Crippen LogP contribution in [0.4, 0.5) is 0 Å². The van der Waals surface area contributed by atoms with Crippen molar-refractivity contribution in [1.29, 1.82) is 0 Å². The minimum Gasteiger partial charge on any atom is -0.387 e. The first kappa shape index (κ1) is 22.1. The molecule has 0 aliphatic carbocycles. The Morgan fingerprint density at radius 1 is 1.32 bits per heavy atom. The van der Waals surface area contributed by atoms with Crippen LogP contribution in [-0.2, 0) is 9.47 Å². The highest BCUT2D eigenvalue weighted by Gasteiger charge is 2.25. The predicted molar refractivity (Wildman–Crippen MR) is 101 cm³/mol. The lowest BCUT2D eigenvalue weighted by atomic mass is 10.1. The highest BCUT2D eigenvalue weighted by Crippen LogP contribution is 2.09. The van der Waals surface area contributed by atoms with Gasteiger partial charge in [-0.1, -0.05) is 0 Å². The van der Waals surface area contributed by atoms with Gasteiger partial charge in [0.1, 0.15) is 0 Å². The van der Waals surface area contributed by atoms with Crippen molar-refractivity contribution >= 4 is 5.96 Å². The number of nitrogens with zero attached hydrogens (tertiary/aromatic N) is 3. The molecule has 0 aromatic carbocycles. The first-order valence-corrected chi connectivity index (χ1v) is 9.19. The largest absolute Gasteiger partial charge is 0.387 e. The van der Waals surface area contributed by atoms with Gasteiger partial charge in [-0.2, -0.15) is 0 Å². The van der Waals surface area contributed by atoms with E-state index in [2.05, 4.69) is 32.5 Å². The quantitative estimate of drug-likeness (QED) is 0.329. The Hall–Kier alpha value is -0.930. The number of ether oxygens (including phenoxy) is 2. The molecule has 8 nitrogen and oxygen atoms in total. The van der Waals surface area contributed by atoms with Gasteiger partial charge in [-0.25, -0.2) is 0 Å². The number of likely N-dealkylation sites (N-methyl/N-ethyl adjacent to an activating group) is 1. The fourth-order valence-corrected chi connectivity index (χ4v) is 2.61. The number of rotatable bonds is 11. The number of hydrogen-bond donors (Lipinski definition) is 3. The number of hydrogen-bond acceptors (Lipinski definition) is 6. The molecule has 1 heterocycles. The van der Waals surface area contributed by atoms with Crippen molar-refractivity contribution in [3.63, 3.8) is 0 Å². The van der Waals surface area contributed by atoms with Gasteiger partial charge < -0.3 is 30.1 Å². The van der Waals surface area contributed by atoms with Crippen molar-refractivity contribution in [2.45, 2.75) is 19.4 Å². The molecule has 25 heavy (non-hydrogen) atoms. The van der Waals surface area contributed by atoms with E-state index in [9.17, 15) is 5.11 Å². The Morgan fingerprint density at radius 3 is 2.68 bits per heavy atom. The lowest BCUT2D eigenvalue weighted by molar-refractivity contribution is -0.0180. The van der Waals surface area contributed by atoms with Crippen molar-refractivity contribution in [1.82, 2.24) is 20.4 Å². The van der Waals surface area contributed by atoms with Crippen LogP contribution >= 0.6 is 0 Å². The SMILES string of the molecule is CCNC(=NCC(C)(O)CN1CCOCC1)NCCN(C)CCOC. The lowest BCUT2D eigenvalue weighted by Crippen LogP contribution is -2.48. The van der Waals surface area contributed by atoms with Crippen LogP contribution in [-0.4, -0.2) is 113 Å². The van der Waals surface area contributed by atoms with Gasteiger partial charge in [0.2, 0.25) is 0 Å². The first-order valence-electron chi connectivity index (χ1n) is 9.19. The fourth-order valence-electron chi connectivity index (χ4n) is 2.61. The summed E-state index contributed by atoms with van der Waals surface area (Å²) < 4.78 is 10.4. The summed E-state index contributed by atoms with van der Waals surface area (Å²) in [5.74, 6) is 0.741. The molecule has 1 fully saturated rings. The highest BCUT2D eigenvalue weighted by atomic mass is 16.5. The normalized spacial score (nSPS) is 19.0. The molecule has 0 aromatic heterocycles. The number of guanidine groups is 1. The second-order valence-corrected chi connectivity index (χ2v) is 6.80. The van der Waals surface area contributed by atoms with Gasteiger partial charge in [0, 0.05) is 52.9 Å². The molecule has 1 aliphatic heterocycles. The van der Waals surface area contributed by atoms with Crippen molar-refractivity contribution in [2.24, 2.45) is 4.99 Å². The molecule has 3 N–H and O–H groups in total. The minimum atomic E-state index is -0.852. The van der Waals surface area contributed by atoms with E-state index in [-0.39, 0.29) is 0 Å². The lowest BCUT2D eigenvalue weighted by Gasteiger charge is -2.33. The van der Waals surface area contributed by atoms with E-state index < -0.39 is 5.60 Å². The molecule has 1 rings (SSSR count). The van der Waals surface area contributed by atoms with Gasteiger partial charge in [0.15, 0.2) is 5.96 Å². The summed E-state index contributed by atoms with van der Waals surface area (Å²) in [6.07, 6.45) is 0. The van der Waals surface area contributed by atoms with E-state index in [1.54, 1.807) is 7.11 Å². The summed E-state index contributed by atoms with van der Waals surface area (Å²) in [5, 5.41) is 17.2. The van der Waals surface area contributed by atoms with E-state index in [4.69, 9.17) is 9.47 Å². The number of aliphatic imine (C=N–C) groups is 1. The van der Waals surface area contributed by atoms with E-state index in [1.165, 1.54) is 0 Å². The Labute approximate surface area is 152 Å². The second-order valence-electron chi connectivity index (χ2n) is 6.80. The van der Waals surface area contributed by atoms with Crippen molar-refractivity contribution in [2.75, 3.05) is 86.3 Å². The maximum absolute atomic E-state index is 10.6. The molecular formula is C17H37N5O3. The molecule has 0 aromatic rings. The van der Waals surface area contributed by atoms with Gasteiger partial charge in [-0.15, -0.1) is 0 Å². The Balaban J connectivity index is 2.39. The molecule has 0 saturated carbocycles. The monoisotopic (exact) mass is 359 g/mol. The molecule has 0 spiro atoms. The van der Waals surface area contributed by atoms with E-state index in [1.807, 2.05) is 13.8 Å². The molecule has 0 amide bonds. The number of nitrogens with one attached hydrogen (secondary N) is 2. The molecule has 1 unspecified atom stereocenters. The standard InChI is InChI=1S/C17H37N5O3/c1-5-18-16(19-6-7-21(3)8-11-24-4)20-14-17(2,23)15-22-9-12-25-13-10-22/h23H,5-15H2,1-4H3,(H2,18,19,20). The van der Waals surface area contributed by atoms with Crippen LogP contribution in [0.2, 0.25) is 0 Å². The molecule has 0 radical (unpaired) electrons. The van der Waals surface area contributed by atoms with E-state index in [0.717, 1.165) is 65.0 Å². The summed E-state index contributed by atoms with van der Waals surface area (Å²) >= 11 is 0. The minimum absolute atomic E-state index is 0.360. The van der Waals surface area contributed by atoms with Crippen LogP contribution in [0.1, 0.15) is 13.8 Å². The Bertz CT molecular complexity index is 373. The average Bonchev–Trinajstić information content (AvgIpc) is 2.58. The van der Waals surface area contributed by atoms with Gasteiger partial charge >= 0.3 is 0 Å². The van der Waals surface area contributed by atoms with Crippen LogP contribution in [0, 0.1) is 0 Å². The molecule has 1 saturated heterocycles. The topological polar surface area (TPSA) is 81.6 Å². The van der Waals surface area contributed by atoms with Crippen molar-refractivity contribution in [3.8, 4) is 0 Å². The third-order valence-corrected chi connectivity index (χ3v) is 4.05. The summed E-state index contributed by atoms with van der Waals surface area (Å²) in [4.78, 5) is 8.98. The van der Waals surface area contributed by atoms with Gasteiger partial charge in [0.25, 0.3) is 0 Å². The van der Waals surface area contributed by atoms with Crippen LogP contribution in [0.5, 0.6) is 0 Å². The Kier molecular flexibility index (Phi) is 11.0. The average molecular weight is 360 g/mol. The van der Waals surface area contributed by atoms with Crippen LogP contribution < -0.4 is 10.6 Å². The van der Waals surface area contributed by atoms with E-state index >= 15 is 0 Å². The zero-order valence-electron chi connectivity index (χ0n) is 16.4. The van der Waals surface area contributed by atoms with Crippen molar-refractivity contribution < 1.29 is 14.6 Å². The Morgan fingerprint density at radius 2 is 2.04 bits per heavy atom. The maximum atomic E-state index is 10.6. The zero-order valence-corrected chi connectivity index (χ0v) is 16.4. The number of methoxy groups -OCH3 is 1. The molecule has 0 bridgehead atoms. The van der Waals surface area contributed by atoms with Gasteiger partial charge in [-0.05, 0) is 20.9 Å². The summed E-state index contributed by atoms with van der Waals surface area (Å²) in [6, 6.07) is 0. The molecule has 1 aliphatic rings. The summed E-state index contributed by atoms with van der Waals surface area (Å²) in [5.41, 5.74) is -0.852. The number of morpholine rings is 1. The van der Waals surface area contributed by atoms with Crippen LogP contribution in [0.15, 0.2) is 4.99 Å². The molecule has 8 heteroatoms. The molecule has 148 valence electrons. The zero-order chi connectivity index (χ0) is 18.5. The number of β-amino-alcohol motifs (C(OH)–C–C–N with tert-alkyl or cyclic N) is 1. The van der Waals surface area contributed by atoms with Crippen LogP contribution in [0.25, 0.3) is 0 Å². The fraction of sp³-hybridized carbons (Fsp3) is 0.941. The highest BCUT2D eigenvalue weighted by molar-refractivity contribution is 5.79. The molecular weight excluding hydrogens is 322 g/mol. The van der Waals surface area contributed by atoms with Gasteiger partial charge in [-0.3, -0.25) is 9.89 Å². The summed E-state index contributed by atoms with van der Waals surface area (Å²) in [7, 11) is 3.78. The smallest absolute Gasteiger partial charge is 0.191 e. The van der Waals surface area contributed by atoms with E-state index in [0.29, 0.717) is 13.1 Å². The number of aliphatic hydroxyl groups is 1. The van der Waals surface area contributed by atoms with Crippen LogP contribution in [0.3, 0.4) is 0 Å². The van der Waals surface area contributed by atoms with Crippen molar-refractivity contribution in [3.05, 3.63) is 0 Å². The molecule has 1 atom stereocenters. The second kappa shape index (κ2) is 12.4. The maximum Gasteiger partial charge on any atom is 0.191 e. The summed E-state index contributed by atoms with van der Waals surface area (Å²) in [6.45, 7) is 12.2. The first-order chi connectivity index (χ1) is 12.0. The third kappa shape index (κ3) is 10.6.